The largest absolute Gasteiger partial charge is 0.493 e. The van der Waals surface area contributed by atoms with E-state index in [0.29, 0.717) is 12.0 Å². The predicted molar refractivity (Wildman–Crippen MR) is 158 cm³/mol. The number of likely N-dealkylation sites (tertiary alicyclic amines) is 2. The average molecular weight is 553 g/mol. The molecule has 4 atom stereocenters. The molecule has 2 fully saturated rings. The minimum absolute atomic E-state index is 0.0769. The topological polar surface area (TPSA) is 69.8 Å². The third-order valence-corrected chi connectivity index (χ3v) is 11.6. The van der Waals surface area contributed by atoms with Gasteiger partial charge in [-0.15, -0.1) is 0 Å². The molecule has 1 amide bonds. The van der Waals surface area contributed by atoms with Crippen molar-refractivity contribution in [3.63, 3.8) is 0 Å². The first-order valence-electron chi connectivity index (χ1n) is 15.2. The lowest BCUT2D eigenvalue weighted by Crippen LogP contribution is -2.62. The minimum atomic E-state index is -0.116. The molecule has 214 valence electrons. The van der Waals surface area contributed by atoms with Crippen LogP contribution >= 0.6 is 0 Å². The lowest BCUT2D eigenvalue weighted by Gasteiger charge is -2.57. The zero-order valence-corrected chi connectivity index (χ0v) is 24.5. The van der Waals surface area contributed by atoms with Crippen molar-refractivity contribution in [1.82, 2.24) is 20.1 Å². The molecule has 4 heterocycles. The molecule has 1 spiro atoms. The van der Waals surface area contributed by atoms with Gasteiger partial charge in [0, 0.05) is 35.6 Å². The number of aromatic amines is 1. The second kappa shape index (κ2) is 8.85. The van der Waals surface area contributed by atoms with E-state index in [2.05, 4.69) is 71.6 Å². The van der Waals surface area contributed by atoms with Crippen LogP contribution in [0.3, 0.4) is 0 Å². The van der Waals surface area contributed by atoms with Crippen molar-refractivity contribution in [1.29, 1.82) is 0 Å². The van der Waals surface area contributed by atoms with Gasteiger partial charge in [-0.1, -0.05) is 36.4 Å². The Morgan fingerprint density at radius 1 is 1.07 bits per heavy atom. The molecule has 2 aromatic carbocycles. The molecule has 3 aliphatic heterocycles. The lowest BCUT2D eigenvalue weighted by molar-refractivity contribution is -0.0256. The number of amides is 1. The molecule has 41 heavy (non-hydrogen) atoms. The van der Waals surface area contributed by atoms with Crippen molar-refractivity contribution >= 4 is 5.91 Å². The summed E-state index contributed by atoms with van der Waals surface area (Å²) >= 11 is 0. The van der Waals surface area contributed by atoms with Crippen LogP contribution in [0.25, 0.3) is 0 Å². The number of carbonyl (C=O) groups excluding carboxylic acids is 1. The fraction of sp³-hybridized carbons (Fsp3) is 0.500. The van der Waals surface area contributed by atoms with Crippen LogP contribution in [-0.4, -0.2) is 67.6 Å². The average Bonchev–Trinajstić information content (AvgIpc) is 3.53. The van der Waals surface area contributed by atoms with Crippen LogP contribution in [0.5, 0.6) is 11.5 Å². The second-order valence-electron chi connectivity index (χ2n) is 13.0. The van der Waals surface area contributed by atoms with E-state index in [0.717, 1.165) is 80.2 Å². The molecule has 1 unspecified atom stereocenters. The second-order valence-corrected chi connectivity index (χ2v) is 13.0. The van der Waals surface area contributed by atoms with Gasteiger partial charge in [0.05, 0.1) is 12.8 Å². The number of hydrogen-bond donors (Lipinski definition) is 2. The first kappa shape index (κ1) is 25.4. The van der Waals surface area contributed by atoms with E-state index in [1.54, 1.807) is 7.11 Å². The van der Waals surface area contributed by atoms with E-state index < -0.39 is 0 Å². The summed E-state index contributed by atoms with van der Waals surface area (Å²) in [6.45, 7) is 4.65. The van der Waals surface area contributed by atoms with Crippen molar-refractivity contribution < 1.29 is 14.3 Å². The van der Waals surface area contributed by atoms with Crippen LogP contribution in [0.15, 0.2) is 42.5 Å². The van der Waals surface area contributed by atoms with E-state index in [-0.39, 0.29) is 23.0 Å². The summed E-state index contributed by atoms with van der Waals surface area (Å²) in [5.74, 6) is 2.32. The fourth-order valence-corrected chi connectivity index (χ4v) is 9.34. The molecule has 8 rings (SSSR count). The van der Waals surface area contributed by atoms with E-state index in [1.807, 2.05) is 11.9 Å². The number of carbonyl (C=O) groups is 1. The summed E-state index contributed by atoms with van der Waals surface area (Å²) in [6.07, 6.45) is 4.74. The van der Waals surface area contributed by atoms with Crippen molar-refractivity contribution in [2.75, 3.05) is 40.8 Å². The summed E-state index contributed by atoms with van der Waals surface area (Å²) in [5.41, 5.74) is 8.16. The Kier molecular flexibility index (Phi) is 5.49. The van der Waals surface area contributed by atoms with Gasteiger partial charge in [0.1, 0.15) is 11.8 Å². The molecule has 2 bridgehead atoms. The monoisotopic (exact) mass is 552 g/mol. The Labute approximate surface area is 242 Å². The highest BCUT2D eigenvalue weighted by Gasteiger charge is 2.65. The van der Waals surface area contributed by atoms with Crippen LogP contribution < -0.4 is 14.8 Å². The smallest absolute Gasteiger partial charge is 0.270 e. The highest BCUT2D eigenvalue weighted by atomic mass is 16.5. The van der Waals surface area contributed by atoms with Crippen molar-refractivity contribution in [3.8, 4) is 11.5 Å². The Hall–Kier alpha value is -3.29. The molecule has 0 saturated carbocycles. The minimum Gasteiger partial charge on any atom is -0.493 e. The third kappa shape index (κ3) is 3.25. The molecule has 5 aliphatic rings. The van der Waals surface area contributed by atoms with Crippen LogP contribution in [0.4, 0.5) is 0 Å². The SMILES string of the molecule is CNC1(c2ccccc2)CCN(C(=O)c2[nH]c3c(c2C)C[C@H]2[C@H]4Cc5ccc(OC)c6c5C2(CCN4C)[C@H]3O6)CC1. The number of H-pyrrole nitrogens is 1. The van der Waals surface area contributed by atoms with Crippen LogP contribution in [0.2, 0.25) is 0 Å². The molecule has 2 N–H and O–H groups in total. The number of fused-ring (bicyclic) bond motifs is 2. The molecular formula is C34H40N4O3. The van der Waals surface area contributed by atoms with Gasteiger partial charge in [0.25, 0.3) is 5.91 Å². The fourth-order valence-electron chi connectivity index (χ4n) is 9.34. The van der Waals surface area contributed by atoms with Crippen molar-refractivity contribution in [2.24, 2.45) is 5.92 Å². The molecule has 1 aromatic heterocycles. The van der Waals surface area contributed by atoms with Crippen molar-refractivity contribution in [2.45, 2.75) is 62.1 Å². The number of methoxy groups -OCH3 is 1. The van der Waals surface area contributed by atoms with Crippen molar-refractivity contribution in [3.05, 3.63) is 81.7 Å². The predicted octanol–water partition coefficient (Wildman–Crippen LogP) is 4.49. The number of hydrogen-bond acceptors (Lipinski definition) is 5. The van der Waals surface area contributed by atoms with Crippen LogP contribution in [0.1, 0.15) is 69.4 Å². The summed E-state index contributed by atoms with van der Waals surface area (Å²) in [7, 11) is 6.06. The number of ether oxygens (including phenoxy) is 2. The van der Waals surface area contributed by atoms with Gasteiger partial charge in [-0.3, -0.25) is 4.79 Å². The van der Waals surface area contributed by atoms with Gasteiger partial charge in [-0.05, 0) is 93.9 Å². The zero-order valence-electron chi connectivity index (χ0n) is 24.5. The summed E-state index contributed by atoms with van der Waals surface area (Å²) in [5, 5.41) is 3.59. The van der Waals surface area contributed by atoms with Gasteiger partial charge < -0.3 is 29.6 Å². The Balaban J connectivity index is 1.15. The molecule has 2 saturated heterocycles. The van der Waals surface area contributed by atoms with Gasteiger partial charge >= 0.3 is 0 Å². The first-order chi connectivity index (χ1) is 19.9. The highest BCUT2D eigenvalue weighted by molar-refractivity contribution is 5.95. The van der Waals surface area contributed by atoms with Gasteiger partial charge in [-0.25, -0.2) is 0 Å². The summed E-state index contributed by atoms with van der Waals surface area (Å²) < 4.78 is 12.8. The molecular weight excluding hydrogens is 512 g/mol. The maximum absolute atomic E-state index is 14.1. The maximum atomic E-state index is 14.1. The van der Waals surface area contributed by atoms with E-state index >= 15 is 0 Å². The highest BCUT2D eigenvalue weighted by Crippen LogP contribution is 2.67. The summed E-state index contributed by atoms with van der Waals surface area (Å²) in [6, 6.07) is 15.5. The zero-order chi connectivity index (χ0) is 28.1. The number of likely N-dealkylation sites (N-methyl/N-ethyl adjacent to an activating group) is 1. The maximum Gasteiger partial charge on any atom is 0.270 e. The normalized spacial score (nSPS) is 29.0. The number of piperidine rings is 2. The van der Waals surface area contributed by atoms with Gasteiger partial charge in [-0.2, -0.15) is 0 Å². The molecule has 7 nitrogen and oxygen atoms in total. The molecule has 7 heteroatoms. The van der Waals surface area contributed by atoms with Gasteiger partial charge in [0.2, 0.25) is 0 Å². The van der Waals surface area contributed by atoms with Gasteiger partial charge in [0.15, 0.2) is 11.5 Å². The van der Waals surface area contributed by atoms with Crippen LogP contribution in [-0.2, 0) is 23.8 Å². The number of aromatic nitrogens is 1. The Morgan fingerprint density at radius 3 is 2.59 bits per heavy atom. The Morgan fingerprint density at radius 2 is 1.85 bits per heavy atom. The molecule has 0 radical (unpaired) electrons. The number of rotatable bonds is 4. The third-order valence-electron chi connectivity index (χ3n) is 11.6. The standard InChI is InChI=1S/C34H40N4O3/c1-20-23-19-24-25-18-21-10-11-26(40-4)30-27(21)34(24,14-15-37(25)3)31(41-30)29(23)36-28(20)32(39)38-16-12-33(35-2,13-17-38)22-8-6-5-7-9-22/h5-11,24-25,31,35-36H,12-19H2,1-4H3/t24-,25+,31-,34?/m0/s1. The first-order valence-corrected chi connectivity index (χ1v) is 15.2. The van der Waals surface area contributed by atoms with E-state index in [4.69, 9.17) is 9.47 Å². The molecule has 3 aromatic rings. The van der Waals surface area contributed by atoms with E-state index in [9.17, 15) is 4.79 Å². The number of benzene rings is 2. The quantitative estimate of drug-likeness (QED) is 0.499. The van der Waals surface area contributed by atoms with Crippen LogP contribution in [0, 0.1) is 12.8 Å². The summed E-state index contributed by atoms with van der Waals surface area (Å²) in [4.78, 5) is 22.4. The molecule has 2 aliphatic carbocycles. The number of nitrogens with zero attached hydrogens (tertiary/aromatic N) is 2. The Bertz CT molecular complexity index is 1540. The number of nitrogens with one attached hydrogen (secondary N) is 2. The lowest BCUT2D eigenvalue weighted by atomic mass is 9.51. The van der Waals surface area contributed by atoms with E-state index in [1.165, 1.54) is 22.3 Å².